The zero-order valence-electron chi connectivity index (χ0n) is 11.0. The normalized spacial score (nSPS) is 26.6. The molecule has 6 heteroatoms. The fourth-order valence-electron chi connectivity index (χ4n) is 3.24. The zero-order chi connectivity index (χ0) is 14.3. The van der Waals surface area contributed by atoms with Gasteiger partial charge in [-0.15, -0.1) is 3.89 Å². The number of carbonyl (C=O) groups excluding carboxylic acids is 1. The van der Waals surface area contributed by atoms with Crippen LogP contribution in [0.15, 0.2) is 24.3 Å². The Kier molecular flexibility index (Phi) is 3.28. The second-order valence-corrected chi connectivity index (χ2v) is 7.07. The van der Waals surface area contributed by atoms with E-state index in [1.54, 1.807) is 4.90 Å². The van der Waals surface area contributed by atoms with Gasteiger partial charge in [-0.05, 0) is 30.4 Å². The van der Waals surface area contributed by atoms with Crippen LogP contribution in [-0.4, -0.2) is 31.0 Å². The van der Waals surface area contributed by atoms with Crippen LogP contribution in [0.2, 0.25) is 0 Å². The number of hydrogen-bond acceptors (Lipinski definition) is 3. The van der Waals surface area contributed by atoms with E-state index in [2.05, 4.69) is 0 Å². The molecule has 0 bridgehead atoms. The summed E-state index contributed by atoms with van der Waals surface area (Å²) in [6, 6.07) is 7.78. The van der Waals surface area contributed by atoms with Gasteiger partial charge in [0, 0.05) is 13.0 Å². The summed E-state index contributed by atoms with van der Waals surface area (Å²) >= 11 is 0. The molecule has 1 aliphatic heterocycles. The molecule has 108 valence electrons. The highest BCUT2D eigenvalue weighted by molar-refractivity contribution is 7.87. The topological polar surface area (TPSA) is 54.5 Å². The largest absolute Gasteiger partial charge is 0.334 e. The van der Waals surface area contributed by atoms with Crippen molar-refractivity contribution in [3.8, 4) is 0 Å². The first kappa shape index (κ1) is 13.5. The molecule has 1 amide bonds. The van der Waals surface area contributed by atoms with Gasteiger partial charge in [0.05, 0.1) is 6.04 Å². The minimum atomic E-state index is -4.65. The summed E-state index contributed by atoms with van der Waals surface area (Å²) in [6.07, 6.45) is 2.50. The molecule has 3 rings (SSSR count). The van der Waals surface area contributed by atoms with E-state index in [1.165, 1.54) is 5.56 Å². The molecule has 1 fully saturated rings. The van der Waals surface area contributed by atoms with Gasteiger partial charge in [0.15, 0.2) is 0 Å². The number of aryl methyl sites for hydroxylation is 1. The molecule has 20 heavy (non-hydrogen) atoms. The molecule has 0 saturated carbocycles. The molecule has 1 aliphatic carbocycles. The van der Waals surface area contributed by atoms with E-state index in [1.807, 2.05) is 24.3 Å². The van der Waals surface area contributed by atoms with Crippen LogP contribution < -0.4 is 0 Å². The van der Waals surface area contributed by atoms with Crippen molar-refractivity contribution in [3.05, 3.63) is 35.4 Å². The van der Waals surface area contributed by atoms with Gasteiger partial charge in [0.1, 0.15) is 5.25 Å². The molecule has 1 saturated heterocycles. The standard InChI is InChI=1S/C14H16FNO3S/c15-20(18,19)11-8-14(17)16(9-11)13-7-3-5-10-4-1-2-6-12(10)13/h1-2,4,6,11,13H,3,5,7-9H2. The first-order valence-corrected chi connectivity index (χ1v) is 8.22. The highest BCUT2D eigenvalue weighted by Crippen LogP contribution is 2.37. The van der Waals surface area contributed by atoms with Crippen molar-refractivity contribution in [2.75, 3.05) is 6.54 Å². The molecular formula is C14H16FNO3S. The van der Waals surface area contributed by atoms with Gasteiger partial charge in [-0.2, -0.15) is 8.42 Å². The molecule has 0 spiro atoms. The molecule has 2 aliphatic rings. The Morgan fingerprint density at radius 1 is 1.25 bits per heavy atom. The predicted molar refractivity (Wildman–Crippen MR) is 72.3 cm³/mol. The molecule has 2 unspecified atom stereocenters. The predicted octanol–water partition coefficient (Wildman–Crippen LogP) is 1.96. The molecule has 1 aromatic carbocycles. The van der Waals surface area contributed by atoms with Crippen LogP contribution >= 0.6 is 0 Å². The monoisotopic (exact) mass is 297 g/mol. The molecule has 2 atom stereocenters. The van der Waals surface area contributed by atoms with E-state index in [-0.39, 0.29) is 24.9 Å². The fourth-order valence-corrected chi connectivity index (χ4v) is 3.92. The Bertz CT molecular complexity index is 644. The summed E-state index contributed by atoms with van der Waals surface area (Å²) in [5.41, 5.74) is 2.27. The zero-order valence-corrected chi connectivity index (χ0v) is 11.8. The maximum atomic E-state index is 13.1. The van der Waals surface area contributed by atoms with Crippen molar-refractivity contribution in [1.29, 1.82) is 0 Å². The van der Waals surface area contributed by atoms with E-state index in [0.29, 0.717) is 0 Å². The summed E-state index contributed by atoms with van der Waals surface area (Å²) in [6.45, 7) is -0.0311. The number of carbonyl (C=O) groups is 1. The summed E-state index contributed by atoms with van der Waals surface area (Å²) in [5, 5.41) is -1.20. The van der Waals surface area contributed by atoms with Crippen LogP contribution in [0.1, 0.15) is 36.4 Å². The van der Waals surface area contributed by atoms with Crippen LogP contribution in [-0.2, 0) is 21.4 Å². The SMILES string of the molecule is O=C1CC(S(=O)(=O)F)CN1C1CCCc2ccccc21. The molecular weight excluding hydrogens is 281 g/mol. The van der Waals surface area contributed by atoms with Gasteiger partial charge >= 0.3 is 10.2 Å². The van der Waals surface area contributed by atoms with Gasteiger partial charge < -0.3 is 4.90 Å². The Morgan fingerprint density at radius 2 is 2.00 bits per heavy atom. The number of rotatable bonds is 2. The lowest BCUT2D eigenvalue weighted by Gasteiger charge is -2.33. The molecule has 1 aromatic rings. The Hall–Kier alpha value is -1.43. The van der Waals surface area contributed by atoms with Crippen molar-refractivity contribution in [2.24, 2.45) is 0 Å². The van der Waals surface area contributed by atoms with Crippen LogP contribution in [0.3, 0.4) is 0 Å². The Morgan fingerprint density at radius 3 is 2.70 bits per heavy atom. The molecule has 0 radical (unpaired) electrons. The summed E-state index contributed by atoms with van der Waals surface area (Å²) in [7, 11) is -4.65. The van der Waals surface area contributed by atoms with E-state index in [0.717, 1.165) is 24.8 Å². The first-order chi connectivity index (χ1) is 9.47. The highest BCUT2D eigenvalue weighted by Gasteiger charge is 2.42. The highest BCUT2D eigenvalue weighted by atomic mass is 32.3. The third-order valence-electron chi connectivity index (χ3n) is 4.24. The molecule has 0 N–H and O–H groups in total. The Balaban J connectivity index is 1.90. The van der Waals surface area contributed by atoms with Crippen LogP contribution in [0, 0.1) is 0 Å². The fraction of sp³-hybridized carbons (Fsp3) is 0.500. The second kappa shape index (κ2) is 4.84. The van der Waals surface area contributed by atoms with Gasteiger partial charge in [0.2, 0.25) is 5.91 Å². The number of halogens is 1. The van der Waals surface area contributed by atoms with Crippen LogP contribution in [0.5, 0.6) is 0 Å². The van der Waals surface area contributed by atoms with Crippen LogP contribution in [0.25, 0.3) is 0 Å². The number of likely N-dealkylation sites (tertiary alicyclic amines) is 1. The maximum Gasteiger partial charge on any atom is 0.307 e. The van der Waals surface area contributed by atoms with E-state index in [4.69, 9.17) is 0 Å². The minimum Gasteiger partial charge on any atom is -0.334 e. The molecule has 1 heterocycles. The average molecular weight is 297 g/mol. The lowest BCUT2D eigenvalue weighted by molar-refractivity contribution is -0.130. The quantitative estimate of drug-likeness (QED) is 0.784. The number of benzene rings is 1. The van der Waals surface area contributed by atoms with Crippen molar-refractivity contribution < 1.29 is 17.1 Å². The van der Waals surface area contributed by atoms with Gasteiger partial charge in [-0.3, -0.25) is 4.79 Å². The third-order valence-corrected chi connectivity index (χ3v) is 5.35. The summed E-state index contributed by atoms with van der Waals surface area (Å²) in [4.78, 5) is 13.6. The van der Waals surface area contributed by atoms with Crippen molar-refractivity contribution in [3.63, 3.8) is 0 Å². The average Bonchev–Trinajstić information content (AvgIpc) is 2.80. The number of nitrogens with zero attached hydrogens (tertiary/aromatic N) is 1. The molecule has 0 aromatic heterocycles. The van der Waals surface area contributed by atoms with Gasteiger partial charge in [-0.25, -0.2) is 0 Å². The van der Waals surface area contributed by atoms with Crippen molar-refractivity contribution in [2.45, 2.75) is 37.0 Å². The number of fused-ring (bicyclic) bond motifs is 1. The van der Waals surface area contributed by atoms with E-state index < -0.39 is 15.5 Å². The minimum absolute atomic E-state index is 0.0311. The van der Waals surface area contributed by atoms with E-state index in [9.17, 15) is 17.1 Å². The van der Waals surface area contributed by atoms with E-state index >= 15 is 0 Å². The lowest BCUT2D eigenvalue weighted by atomic mass is 9.87. The lowest BCUT2D eigenvalue weighted by Crippen LogP contribution is -2.33. The summed E-state index contributed by atoms with van der Waals surface area (Å²) < 4.78 is 35.1. The second-order valence-electron chi connectivity index (χ2n) is 5.45. The third kappa shape index (κ3) is 2.32. The van der Waals surface area contributed by atoms with Crippen LogP contribution in [0.4, 0.5) is 3.89 Å². The van der Waals surface area contributed by atoms with Crippen molar-refractivity contribution >= 4 is 16.1 Å². The maximum absolute atomic E-state index is 13.1. The van der Waals surface area contributed by atoms with Gasteiger partial charge in [0.25, 0.3) is 0 Å². The van der Waals surface area contributed by atoms with Crippen molar-refractivity contribution in [1.82, 2.24) is 4.90 Å². The number of hydrogen-bond donors (Lipinski definition) is 0. The first-order valence-electron chi connectivity index (χ1n) is 6.77. The smallest absolute Gasteiger partial charge is 0.307 e. The Labute approximate surface area is 117 Å². The molecule has 4 nitrogen and oxygen atoms in total. The number of amides is 1. The summed E-state index contributed by atoms with van der Waals surface area (Å²) in [5.74, 6) is -0.266. The van der Waals surface area contributed by atoms with Gasteiger partial charge in [-0.1, -0.05) is 24.3 Å².